The summed E-state index contributed by atoms with van der Waals surface area (Å²) in [6.45, 7) is 4.29. The third-order valence-corrected chi connectivity index (χ3v) is 5.80. The smallest absolute Gasteiger partial charge is 0.222 e. The summed E-state index contributed by atoms with van der Waals surface area (Å²) in [6, 6.07) is 0. The van der Waals surface area contributed by atoms with E-state index in [0.29, 0.717) is 19.4 Å². The van der Waals surface area contributed by atoms with E-state index in [1.165, 1.54) is 0 Å². The van der Waals surface area contributed by atoms with Gasteiger partial charge in [-0.15, -0.1) is 11.3 Å². The van der Waals surface area contributed by atoms with E-state index in [4.69, 9.17) is 0 Å². The summed E-state index contributed by atoms with van der Waals surface area (Å²) in [5.74, 6) is 2.05. The van der Waals surface area contributed by atoms with Crippen LogP contribution in [0.5, 0.6) is 0 Å². The normalized spacial score (nSPS) is 15.4. The van der Waals surface area contributed by atoms with Crippen LogP contribution in [0.2, 0.25) is 0 Å². The second-order valence-electron chi connectivity index (χ2n) is 6.06. The molecule has 1 saturated heterocycles. The molecule has 5 nitrogen and oxygen atoms in total. The van der Waals surface area contributed by atoms with E-state index in [9.17, 15) is 9.59 Å². The molecule has 0 saturated carbocycles. The maximum atomic E-state index is 11.9. The number of carbonyl (C=O) groups is 2. The van der Waals surface area contributed by atoms with E-state index < -0.39 is 0 Å². The zero-order valence-corrected chi connectivity index (χ0v) is 16.0. The molecule has 0 aliphatic carbocycles. The number of hydrogen-bond acceptors (Lipinski definition) is 5. The Morgan fingerprint density at radius 3 is 3.08 bits per heavy atom. The highest BCUT2D eigenvalue weighted by molar-refractivity contribution is 7.98. The van der Waals surface area contributed by atoms with Gasteiger partial charge in [-0.25, -0.2) is 4.98 Å². The number of hydrogen-bond donors (Lipinski definition) is 1. The van der Waals surface area contributed by atoms with Gasteiger partial charge in [-0.3, -0.25) is 9.59 Å². The van der Waals surface area contributed by atoms with Gasteiger partial charge in [0.2, 0.25) is 11.8 Å². The minimum atomic E-state index is 0.0964. The molecular weight excluding hydrogens is 342 g/mol. The summed E-state index contributed by atoms with van der Waals surface area (Å²) in [5, 5.41) is 6.12. The highest BCUT2D eigenvalue weighted by Crippen LogP contribution is 2.15. The van der Waals surface area contributed by atoms with Crippen LogP contribution < -0.4 is 5.32 Å². The minimum Gasteiger partial charge on any atom is -0.356 e. The van der Waals surface area contributed by atoms with Crippen molar-refractivity contribution in [1.29, 1.82) is 0 Å². The van der Waals surface area contributed by atoms with Gasteiger partial charge in [0, 0.05) is 49.4 Å². The minimum absolute atomic E-state index is 0.0964. The van der Waals surface area contributed by atoms with Crippen molar-refractivity contribution in [3.05, 3.63) is 16.1 Å². The van der Waals surface area contributed by atoms with Crippen molar-refractivity contribution in [2.45, 2.75) is 51.2 Å². The van der Waals surface area contributed by atoms with Crippen LogP contribution >= 0.6 is 23.1 Å². The molecule has 1 aromatic heterocycles. The Morgan fingerprint density at radius 2 is 2.29 bits per heavy atom. The van der Waals surface area contributed by atoms with Crippen molar-refractivity contribution >= 4 is 34.9 Å². The number of thioether (sulfide) groups is 1. The fourth-order valence-electron chi connectivity index (χ4n) is 2.68. The molecule has 2 heterocycles. The second-order valence-corrected chi connectivity index (χ2v) is 8.22. The highest BCUT2D eigenvalue weighted by atomic mass is 32.2. The third kappa shape index (κ3) is 7.21. The van der Waals surface area contributed by atoms with Crippen molar-refractivity contribution in [2.75, 3.05) is 25.4 Å². The van der Waals surface area contributed by atoms with E-state index in [1.54, 1.807) is 23.1 Å². The lowest BCUT2D eigenvalue weighted by molar-refractivity contribution is -0.130. The number of aromatic nitrogens is 1. The topological polar surface area (TPSA) is 62.3 Å². The van der Waals surface area contributed by atoms with Crippen LogP contribution in [0.1, 0.15) is 49.2 Å². The number of thiazole rings is 1. The van der Waals surface area contributed by atoms with Crippen molar-refractivity contribution in [3.63, 3.8) is 0 Å². The average Bonchev–Trinajstić information content (AvgIpc) is 2.87. The second kappa shape index (κ2) is 10.7. The summed E-state index contributed by atoms with van der Waals surface area (Å²) in [6.07, 6.45) is 5.33. The van der Waals surface area contributed by atoms with E-state index in [-0.39, 0.29) is 11.8 Å². The summed E-state index contributed by atoms with van der Waals surface area (Å²) >= 11 is 3.41. The van der Waals surface area contributed by atoms with Crippen molar-refractivity contribution < 1.29 is 9.59 Å². The van der Waals surface area contributed by atoms with Gasteiger partial charge in [-0.2, -0.15) is 11.8 Å². The van der Waals surface area contributed by atoms with Crippen LogP contribution in [0.3, 0.4) is 0 Å². The standard InChI is InChI=1S/C17H27N3O2S2/c1-14-19-15(13-24-14)12-23-11-7-16(21)18-8-5-10-20-9-4-2-3-6-17(20)22/h13H,2-12H2,1H3,(H,18,21). The zero-order valence-electron chi connectivity index (χ0n) is 14.4. The predicted molar refractivity (Wildman–Crippen MR) is 100 cm³/mol. The molecule has 0 bridgehead atoms. The number of likely N-dealkylation sites (tertiary alicyclic amines) is 1. The fourth-order valence-corrected chi connectivity index (χ4v) is 4.23. The van der Waals surface area contributed by atoms with Crippen LogP contribution in [0.4, 0.5) is 0 Å². The molecule has 7 heteroatoms. The van der Waals surface area contributed by atoms with Gasteiger partial charge in [-0.1, -0.05) is 6.42 Å². The number of nitrogens with one attached hydrogen (secondary N) is 1. The zero-order chi connectivity index (χ0) is 17.2. The number of aryl methyl sites for hydroxylation is 1. The van der Waals surface area contributed by atoms with Crippen molar-refractivity contribution in [3.8, 4) is 0 Å². The Bertz CT molecular complexity index is 534. The molecule has 0 unspecified atom stereocenters. The molecule has 0 aromatic carbocycles. The monoisotopic (exact) mass is 369 g/mol. The van der Waals surface area contributed by atoms with Crippen molar-refractivity contribution in [2.24, 2.45) is 0 Å². The van der Waals surface area contributed by atoms with E-state index in [0.717, 1.165) is 61.0 Å². The molecule has 24 heavy (non-hydrogen) atoms. The molecule has 1 aliphatic rings. The van der Waals surface area contributed by atoms with Gasteiger partial charge >= 0.3 is 0 Å². The maximum Gasteiger partial charge on any atom is 0.222 e. The molecule has 1 aliphatic heterocycles. The van der Waals surface area contributed by atoms with Crippen LogP contribution in [0.15, 0.2) is 5.38 Å². The van der Waals surface area contributed by atoms with Crippen LogP contribution in [-0.4, -0.2) is 47.1 Å². The third-order valence-electron chi connectivity index (χ3n) is 3.99. The molecular formula is C17H27N3O2S2. The van der Waals surface area contributed by atoms with Gasteiger partial charge in [0.15, 0.2) is 0 Å². The molecule has 0 radical (unpaired) electrons. The van der Waals surface area contributed by atoms with Crippen molar-refractivity contribution in [1.82, 2.24) is 15.2 Å². The van der Waals surface area contributed by atoms with Crippen LogP contribution in [0.25, 0.3) is 0 Å². The molecule has 134 valence electrons. The Kier molecular flexibility index (Phi) is 8.59. The molecule has 1 N–H and O–H groups in total. The summed E-state index contributed by atoms with van der Waals surface area (Å²) in [7, 11) is 0. The summed E-state index contributed by atoms with van der Waals surface area (Å²) in [5.41, 5.74) is 1.10. The Labute approximate surface area is 152 Å². The van der Waals surface area contributed by atoms with Gasteiger partial charge in [0.1, 0.15) is 0 Å². The first-order valence-electron chi connectivity index (χ1n) is 8.68. The molecule has 1 aromatic rings. The Morgan fingerprint density at radius 1 is 1.42 bits per heavy atom. The van der Waals surface area contributed by atoms with Crippen LogP contribution in [0, 0.1) is 6.92 Å². The summed E-state index contributed by atoms with van der Waals surface area (Å²) in [4.78, 5) is 30.0. The summed E-state index contributed by atoms with van der Waals surface area (Å²) < 4.78 is 0. The first kappa shape index (κ1) is 19.2. The highest BCUT2D eigenvalue weighted by Gasteiger charge is 2.15. The van der Waals surface area contributed by atoms with Gasteiger partial charge < -0.3 is 10.2 Å². The quantitative estimate of drug-likeness (QED) is 0.680. The van der Waals surface area contributed by atoms with Crippen LogP contribution in [-0.2, 0) is 15.3 Å². The Hall–Kier alpha value is -1.08. The fraction of sp³-hybridized carbons (Fsp3) is 0.706. The molecule has 1 fully saturated rings. The number of rotatable bonds is 9. The van der Waals surface area contributed by atoms with E-state index in [2.05, 4.69) is 15.7 Å². The lowest BCUT2D eigenvalue weighted by Crippen LogP contribution is -2.34. The predicted octanol–water partition coefficient (Wildman–Crippen LogP) is 2.98. The molecule has 2 rings (SSSR count). The lowest BCUT2D eigenvalue weighted by Gasteiger charge is -2.20. The first-order chi connectivity index (χ1) is 11.6. The molecule has 0 spiro atoms. The molecule has 2 amide bonds. The van der Waals surface area contributed by atoms with Gasteiger partial charge in [0.05, 0.1) is 10.7 Å². The van der Waals surface area contributed by atoms with E-state index in [1.807, 2.05) is 11.8 Å². The maximum absolute atomic E-state index is 11.9. The lowest BCUT2D eigenvalue weighted by atomic mass is 10.2. The largest absolute Gasteiger partial charge is 0.356 e. The Balaban J connectivity index is 1.49. The van der Waals surface area contributed by atoms with Gasteiger partial charge in [0.25, 0.3) is 0 Å². The number of nitrogens with zero attached hydrogens (tertiary/aromatic N) is 2. The first-order valence-corrected chi connectivity index (χ1v) is 10.7. The average molecular weight is 370 g/mol. The number of amides is 2. The van der Waals surface area contributed by atoms with Gasteiger partial charge in [-0.05, 0) is 26.2 Å². The SMILES string of the molecule is Cc1nc(CSCCC(=O)NCCCN2CCCCCC2=O)cs1. The van der Waals surface area contributed by atoms with E-state index >= 15 is 0 Å². The number of carbonyl (C=O) groups excluding carboxylic acids is 2. The molecule has 0 atom stereocenters.